The minimum absolute atomic E-state index is 0.117. The molecule has 0 radical (unpaired) electrons. The third kappa shape index (κ3) is 7.80. The number of hydrogen-bond acceptors (Lipinski definition) is 4. The number of piperidine rings is 1. The van der Waals surface area contributed by atoms with Gasteiger partial charge in [-0.2, -0.15) is 26.3 Å². The summed E-state index contributed by atoms with van der Waals surface area (Å²) in [5.41, 5.74) is 2.01. The molecule has 12 heteroatoms. The molecule has 1 saturated heterocycles. The van der Waals surface area contributed by atoms with Gasteiger partial charge in [0.15, 0.2) is 0 Å². The summed E-state index contributed by atoms with van der Waals surface area (Å²) in [6.45, 7) is 2.27. The number of carboxylic acid groups (broad SMARTS) is 1. The van der Waals surface area contributed by atoms with Gasteiger partial charge in [-0.1, -0.05) is 24.3 Å². The van der Waals surface area contributed by atoms with Gasteiger partial charge in [-0.15, -0.1) is 0 Å². The number of benzene rings is 2. The SMILES string of the molecule is Cc1cc(-c2ccc(C(F)(F)F)nc2)ccc1C(CCC(F)(F)F)Nc1ccc(C(=O)N2CCC[C@@H](C(=O)O)C2)cc1. The van der Waals surface area contributed by atoms with Crippen LogP contribution in [0.3, 0.4) is 0 Å². The minimum Gasteiger partial charge on any atom is -0.481 e. The summed E-state index contributed by atoms with van der Waals surface area (Å²) in [5.74, 6) is -1.88. The van der Waals surface area contributed by atoms with Crippen molar-refractivity contribution in [1.29, 1.82) is 0 Å². The van der Waals surface area contributed by atoms with E-state index in [4.69, 9.17) is 0 Å². The van der Waals surface area contributed by atoms with Crippen LogP contribution in [0, 0.1) is 12.8 Å². The molecule has 1 unspecified atom stereocenters. The van der Waals surface area contributed by atoms with Crippen molar-refractivity contribution in [2.24, 2.45) is 5.92 Å². The predicted octanol–water partition coefficient (Wildman–Crippen LogP) is 7.51. The first-order valence-corrected chi connectivity index (χ1v) is 13.3. The lowest BCUT2D eigenvalue weighted by molar-refractivity contribution is -0.143. The van der Waals surface area contributed by atoms with E-state index in [2.05, 4.69) is 10.3 Å². The summed E-state index contributed by atoms with van der Waals surface area (Å²) in [6, 6.07) is 12.6. The summed E-state index contributed by atoms with van der Waals surface area (Å²) >= 11 is 0. The molecule has 0 aliphatic carbocycles. The zero-order chi connectivity index (χ0) is 30.7. The fraction of sp³-hybridized carbons (Fsp3) is 0.367. The number of carboxylic acids is 1. The maximum Gasteiger partial charge on any atom is 0.433 e. The van der Waals surface area contributed by atoms with Crippen molar-refractivity contribution < 1.29 is 41.0 Å². The number of aryl methyl sites for hydroxylation is 1. The monoisotopic (exact) mass is 593 g/mol. The van der Waals surface area contributed by atoms with E-state index in [9.17, 15) is 41.0 Å². The molecular weight excluding hydrogens is 564 g/mol. The zero-order valence-electron chi connectivity index (χ0n) is 22.6. The number of pyridine rings is 1. The number of likely N-dealkylation sites (tertiary alicyclic amines) is 1. The van der Waals surface area contributed by atoms with Crippen LogP contribution in [0.1, 0.15) is 58.9 Å². The first-order valence-electron chi connectivity index (χ1n) is 13.3. The first-order chi connectivity index (χ1) is 19.7. The van der Waals surface area contributed by atoms with Gasteiger partial charge in [0.25, 0.3) is 5.91 Å². The molecule has 2 heterocycles. The highest BCUT2D eigenvalue weighted by Gasteiger charge is 2.32. The van der Waals surface area contributed by atoms with Crippen molar-refractivity contribution >= 4 is 17.6 Å². The van der Waals surface area contributed by atoms with Gasteiger partial charge in [-0.05, 0) is 73.2 Å². The number of carbonyl (C=O) groups excluding carboxylic acids is 1. The maximum absolute atomic E-state index is 13.2. The van der Waals surface area contributed by atoms with E-state index in [1.54, 1.807) is 49.4 Å². The van der Waals surface area contributed by atoms with Crippen molar-refractivity contribution in [1.82, 2.24) is 9.88 Å². The van der Waals surface area contributed by atoms with Crippen molar-refractivity contribution in [3.05, 3.63) is 83.2 Å². The third-order valence-electron chi connectivity index (χ3n) is 7.28. The summed E-state index contributed by atoms with van der Waals surface area (Å²) in [6.07, 6.45) is -8.11. The maximum atomic E-state index is 13.2. The lowest BCUT2D eigenvalue weighted by Gasteiger charge is -2.30. The molecule has 1 fully saturated rings. The van der Waals surface area contributed by atoms with Crippen LogP contribution in [0.15, 0.2) is 60.8 Å². The van der Waals surface area contributed by atoms with Gasteiger partial charge in [-0.3, -0.25) is 14.6 Å². The van der Waals surface area contributed by atoms with Gasteiger partial charge in [0, 0.05) is 42.5 Å². The Balaban J connectivity index is 1.52. The Hall–Kier alpha value is -4.09. The third-order valence-corrected chi connectivity index (χ3v) is 7.28. The Labute approximate surface area is 238 Å². The molecule has 6 nitrogen and oxygen atoms in total. The number of carbonyl (C=O) groups is 2. The Morgan fingerprint density at radius 3 is 2.29 bits per heavy atom. The minimum atomic E-state index is -4.57. The van der Waals surface area contributed by atoms with E-state index in [-0.39, 0.29) is 18.9 Å². The van der Waals surface area contributed by atoms with Crippen LogP contribution in [0.2, 0.25) is 0 Å². The molecule has 1 aliphatic rings. The zero-order valence-corrected chi connectivity index (χ0v) is 22.6. The molecule has 1 aromatic heterocycles. The molecule has 0 bridgehead atoms. The molecule has 1 aliphatic heterocycles. The van der Waals surface area contributed by atoms with Crippen LogP contribution in [-0.2, 0) is 11.0 Å². The normalized spacial score (nSPS) is 16.6. The number of aromatic nitrogens is 1. The lowest BCUT2D eigenvalue weighted by Crippen LogP contribution is -2.42. The molecule has 2 atom stereocenters. The molecular formula is C30H29F6N3O3. The fourth-order valence-corrected chi connectivity index (χ4v) is 5.05. The topological polar surface area (TPSA) is 82.5 Å². The van der Waals surface area contributed by atoms with Crippen LogP contribution in [0.25, 0.3) is 11.1 Å². The van der Waals surface area contributed by atoms with E-state index in [1.807, 2.05) is 0 Å². The number of aliphatic carboxylic acids is 1. The number of halogens is 6. The number of amides is 1. The molecule has 2 aromatic carbocycles. The lowest BCUT2D eigenvalue weighted by atomic mass is 9.93. The molecule has 3 aromatic rings. The predicted molar refractivity (Wildman–Crippen MR) is 144 cm³/mol. The quantitative estimate of drug-likeness (QED) is 0.264. The van der Waals surface area contributed by atoms with Crippen molar-refractivity contribution in [2.45, 2.75) is 51.0 Å². The van der Waals surface area contributed by atoms with Gasteiger partial charge in [0.2, 0.25) is 0 Å². The van der Waals surface area contributed by atoms with Crippen molar-refractivity contribution in [3.8, 4) is 11.1 Å². The second kappa shape index (κ2) is 12.4. The van der Waals surface area contributed by atoms with Gasteiger partial charge >= 0.3 is 18.3 Å². The first kappa shape index (κ1) is 30.9. The van der Waals surface area contributed by atoms with Gasteiger partial charge in [0.1, 0.15) is 5.69 Å². The molecule has 0 spiro atoms. The highest BCUT2D eigenvalue weighted by Crippen LogP contribution is 2.34. The standard InChI is InChI=1S/C30H29F6N3O3/c1-18-15-20(21-7-11-26(37-16-21)30(34,35)36)6-10-24(18)25(12-13-29(31,32)33)38-23-8-4-19(5-9-23)27(40)39-14-2-3-22(17-39)28(41)42/h4-11,15-16,22,25,38H,2-3,12-14,17H2,1H3,(H,41,42)/t22-,25?/m1/s1. The summed E-state index contributed by atoms with van der Waals surface area (Å²) in [5, 5.41) is 12.4. The Morgan fingerprint density at radius 1 is 1.02 bits per heavy atom. The van der Waals surface area contributed by atoms with E-state index in [1.165, 1.54) is 11.0 Å². The fourth-order valence-electron chi connectivity index (χ4n) is 5.05. The molecule has 0 saturated carbocycles. The number of rotatable bonds is 8. The van der Waals surface area contributed by atoms with E-state index in [0.717, 1.165) is 12.3 Å². The average molecular weight is 594 g/mol. The van der Waals surface area contributed by atoms with E-state index >= 15 is 0 Å². The van der Waals surface area contributed by atoms with Crippen molar-refractivity contribution in [2.75, 3.05) is 18.4 Å². The molecule has 4 rings (SSSR count). The van der Waals surface area contributed by atoms with Crippen molar-refractivity contribution in [3.63, 3.8) is 0 Å². The summed E-state index contributed by atoms with van der Waals surface area (Å²) < 4.78 is 78.1. The summed E-state index contributed by atoms with van der Waals surface area (Å²) in [4.78, 5) is 29.2. The number of hydrogen-bond donors (Lipinski definition) is 2. The van der Waals surface area contributed by atoms with Crippen LogP contribution in [0.5, 0.6) is 0 Å². The largest absolute Gasteiger partial charge is 0.481 e. The van der Waals surface area contributed by atoms with Crippen LogP contribution in [-0.4, -0.2) is 46.1 Å². The Bertz CT molecular complexity index is 1410. The average Bonchev–Trinajstić information content (AvgIpc) is 2.94. The second-order valence-electron chi connectivity index (χ2n) is 10.4. The number of anilines is 1. The number of alkyl halides is 6. The van der Waals surface area contributed by atoms with Gasteiger partial charge in [-0.25, -0.2) is 0 Å². The molecule has 224 valence electrons. The smallest absolute Gasteiger partial charge is 0.433 e. The number of nitrogens with one attached hydrogen (secondary N) is 1. The second-order valence-corrected chi connectivity index (χ2v) is 10.4. The highest BCUT2D eigenvalue weighted by atomic mass is 19.4. The Morgan fingerprint density at radius 2 is 1.71 bits per heavy atom. The molecule has 42 heavy (non-hydrogen) atoms. The van der Waals surface area contributed by atoms with Crippen LogP contribution in [0.4, 0.5) is 32.0 Å². The summed E-state index contributed by atoms with van der Waals surface area (Å²) in [7, 11) is 0. The highest BCUT2D eigenvalue weighted by molar-refractivity contribution is 5.95. The van der Waals surface area contributed by atoms with Crippen LogP contribution >= 0.6 is 0 Å². The molecule has 2 N–H and O–H groups in total. The Kier molecular flexibility index (Phi) is 9.12. The number of nitrogens with zero attached hydrogens (tertiary/aromatic N) is 2. The van der Waals surface area contributed by atoms with Crippen LogP contribution < -0.4 is 5.32 Å². The van der Waals surface area contributed by atoms with Gasteiger partial charge in [0.05, 0.1) is 12.0 Å². The van der Waals surface area contributed by atoms with E-state index in [0.29, 0.717) is 52.9 Å². The van der Waals surface area contributed by atoms with E-state index < -0.39 is 42.4 Å². The molecule has 1 amide bonds. The van der Waals surface area contributed by atoms with Gasteiger partial charge < -0.3 is 15.3 Å².